The average Bonchev–Trinajstić information content (AvgIpc) is 2.89. The lowest BCUT2D eigenvalue weighted by Gasteiger charge is -2.36. The van der Waals surface area contributed by atoms with Gasteiger partial charge in [-0.2, -0.15) is 4.31 Å². The van der Waals surface area contributed by atoms with Crippen molar-refractivity contribution in [1.82, 2.24) is 4.31 Å². The maximum absolute atomic E-state index is 12.2. The van der Waals surface area contributed by atoms with E-state index in [9.17, 15) is 13.5 Å². The number of nitrogens with zero attached hydrogens (tertiary/aromatic N) is 1. The molecule has 0 amide bonds. The van der Waals surface area contributed by atoms with Crippen LogP contribution in [0.25, 0.3) is 0 Å². The van der Waals surface area contributed by atoms with Crippen LogP contribution in [-0.4, -0.2) is 41.3 Å². The number of β-amino-alcohol motifs (C(OH)–C–C–N with tert-alkyl or cyclic N) is 1. The normalized spacial score (nSPS) is 36.5. The molecule has 1 heterocycles. The Morgan fingerprint density at radius 1 is 1.33 bits per heavy atom. The topological polar surface area (TPSA) is 57.6 Å². The van der Waals surface area contributed by atoms with Gasteiger partial charge in [0.2, 0.25) is 10.0 Å². The van der Waals surface area contributed by atoms with Crippen molar-refractivity contribution in [3.8, 4) is 0 Å². The molecule has 0 aromatic carbocycles. The fourth-order valence-corrected chi connectivity index (χ4v) is 4.24. The van der Waals surface area contributed by atoms with Crippen LogP contribution >= 0.6 is 0 Å². The summed E-state index contributed by atoms with van der Waals surface area (Å²) >= 11 is 0. The Bertz CT molecular complexity index is 348. The quantitative estimate of drug-likeness (QED) is 0.764. The molecule has 0 aromatic rings. The fourth-order valence-electron chi connectivity index (χ4n) is 2.11. The van der Waals surface area contributed by atoms with Gasteiger partial charge in [0.1, 0.15) is 0 Å². The van der Waals surface area contributed by atoms with Crippen LogP contribution in [0.3, 0.4) is 0 Å². The van der Waals surface area contributed by atoms with Gasteiger partial charge in [0.25, 0.3) is 0 Å². The van der Waals surface area contributed by atoms with Crippen LogP contribution in [0.2, 0.25) is 0 Å². The van der Waals surface area contributed by atoms with Crippen molar-refractivity contribution in [1.29, 1.82) is 0 Å². The van der Waals surface area contributed by atoms with Gasteiger partial charge >= 0.3 is 0 Å². The first-order chi connectivity index (χ1) is 6.87. The van der Waals surface area contributed by atoms with E-state index in [0.717, 1.165) is 19.3 Å². The molecular weight excluding hydrogens is 214 g/mol. The van der Waals surface area contributed by atoms with Crippen LogP contribution in [0.1, 0.15) is 39.5 Å². The van der Waals surface area contributed by atoms with Gasteiger partial charge in [0.15, 0.2) is 0 Å². The zero-order valence-corrected chi connectivity index (χ0v) is 10.1. The molecular formula is C10H19NO3S. The fraction of sp³-hybridized carbons (Fsp3) is 1.00. The summed E-state index contributed by atoms with van der Waals surface area (Å²) in [6.45, 7) is 4.00. The number of hydrogen-bond donors (Lipinski definition) is 1. The molecule has 1 N–H and O–H groups in total. The molecule has 1 aliphatic carbocycles. The molecule has 5 heteroatoms. The SMILES string of the molecule is C[C@@H]1CC[C@@H](O)CN1S(=O)(=O)C1(C)CC1. The minimum atomic E-state index is -3.20. The number of hydrogen-bond acceptors (Lipinski definition) is 3. The molecule has 2 aliphatic rings. The van der Waals surface area contributed by atoms with Crippen LogP contribution in [0.15, 0.2) is 0 Å². The second-order valence-corrected chi connectivity index (χ2v) is 7.51. The van der Waals surface area contributed by atoms with Crippen LogP contribution < -0.4 is 0 Å². The number of sulfonamides is 1. The van der Waals surface area contributed by atoms with Crippen molar-refractivity contribution >= 4 is 10.0 Å². The lowest BCUT2D eigenvalue weighted by atomic mass is 10.0. The molecule has 1 aliphatic heterocycles. The van der Waals surface area contributed by atoms with Gasteiger partial charge in [-0.25, -0.2) is 8.42 Å². The number of piperidine rings is 1. The average molecular weight is 233 g/mol. The Kier molecular flexibility index (Phi) is 2.60. The van der Waals surface area contributed by atoms with Crippen LogP contribution in [0.4, 0.5) is 0 Å². The molecule has 0 spiro atoms. The van der Waals surface area contributed by atoms with E-state index in [1.54, 1.807) is 6.92 Å². The van der Waals surface area contributed by atoms with E-state index in [1.807, 2.05) is 6.92 Å². The predicted molar refractivity (Wildman–Crippen MR) is 58.0 cm³/mol. The highest BCUT2D eigenvalue weighted by Gasteiger charge is 2.54. The summed E-state index contributed by atoms with van der Waals surface area (Å²) in [6, 6.07) is 0.0378. The molecule has 2 rings (SSSR count). The van der Waals surface area contributed by atoms with Gasteiger partial charge in [-0.3, -0.25) is 0 Å². The van der Waals surface area contributed by atoms with E-state index < -0.39 is 20.9 Å². The Labute approximate surface area is 91.3 Å². The van der Waals surface area contributed by atoms with E-state index in [-0.39, 0.29) is 12.6 Å². The zero-order chi connectivity index (χ0) is 11.3. The van der Waals surface area contributed by atoms with E-state index in [1.165, 1.54) is 4.31 Å². The van der Waals surface area contributed by atoms with Gasteiger partial charge in [0.05, 0.1) is 10.9 Å². The first-order valence-corrected chi connectivity index (χ1v) is 7.00. The van der Waals surface area contributed by atoms with Crippen molar-refractivity contribution in [3.05, 3.63) is 0 Å². The Balaban J connectivity index is 2.21. The summed E-state index contributed by atoms with van der Waals surface area (Å²) in [5, 5.41) is 9.54. The lowest BCUT2D eigenvalue weighted by Crippen LogP contribution is -2.50. The third kappa shape index (κ3) is 1.81. The molecule has 4 nitrogen and oxygen atoms in total. The third-order valence-electron chi connectivity index (χ3n) is 3.69. The second kappa shape index (κ2) is 3.43. The monoisotopic (exact) mass is 233 g/mol. The summed E-state index contributed by atoms with van der Waals surface area (Å²) in [4.78, 5) is 0. The van der Waals surface area contributed by atoms with Crippen molar-refractivity contribution in [2.75, 3.05) is 6.54 Å². The molecule has 1 saturated carbocycles. The lowest BCUT2D eigenvalue weighted by molar-refractivity contribution is 0.0849. The molecule has 1 saturated heterocycles. The van der Waals surface area contributed by atoms with E-state index in [2.05, 4.69) is 0 Å². The second-order valence-electron chi connectivity index (χ2n) is 5.10. The van der Waals surface area contributed by atoms with Crippen molar-refractivity contribution in [2.45, 2.75) is 56.4 Å². The third-order valence-corrected chi connectivity index (χ3v) is 6.47. The molecule has 2 fully saturated rings. The van der Waals surface area contributed by atoms with Crippen molar-refractivity contribution in [3.63, 3.8) is 0 Å². The molecule has 0 unspecified atom stereocenters. The van der Waals surface area contributed by atoms with Crippen LogP contribution in [0.5, 0.6) is 0 Å². The van der Waals surface area contributed by atoms with Crippen LogP contribution in [0, 0.1) is 0 Å². The Hall–Kier alpha value is -0.130. The highest BCUT2D eigenvalue weighted by Crippen LogP contribution is 2.45. The smallest absolute Gasteiger partial charge is 0.219 e. The van der Waals surface area contributed by atoms with Gasteiger partial charge in [-0.15, -0.1) is 0 Å². The molecule has 0 aromatic heterocycles. The van der Waals surface area contributed by atoms with E-state index in [0.29, 0.717) is 6.42 Å². The standard InChI is InChI=1S/C10H19NO3S/c1-8-3-4-9(12)7-11(8)15(13,14)10(2)5-6-10/h8-9,12H,3-7H2,1-2H3/t8-,9-/m1/s1. The molecule has 2 atom stereocenters. The highest BCUT2D eigenvalue weighted by molar-refractivity contribution is 7.90. The molecule has 88 valence electrons. The molecule has 0 bridgehead atoms. The Morgan fingerprint density at radius 3 is 2.47 bits per heavy atom. The van der Waals surface area contributed by atoms with Crippen molar-refractivity contribution in [2.24, 2.45) is 0 Å². The van der Waals surface area contributed by atoms with E-state index in [4.69, 9.17) is 0 Å². The predicted octanol–water partition coefficient (Wildman–Crippen LogP) is 0.714. The summed E-state index contributed by atoms with van der Waals surface area (Å²) in [5.74, 6) is 0. The summed E-state index contributed by atoms with van der Waals surface area (Å²) < 4.78 is 25.4. The Morgan fingerprint density at radius 2 is 1.93 bits per heavy atom. The van der Waals surface area contributed by atoms with Crippen LogP contribution in [-0.2, 0) is 10.0 Å². The minimum Gasteiger partial charge on any atom is -0.392 e. The number of aliphatic hydroxyl groups is 1. The largest absolute Gasteiger partial charge is 0.392 e. The summed E-state index contributed by atoms with van der Waals surface area (Å²) in [5.41, 5.74) is 0. The number of rotatable bonds is 2. The summed E-state index contributed by atoms with van der Waals surface area (Å²) in [6.07, 6.45) is 2.50. The van der Waals surface area contributed by atoms with Gasteiger partial charge in [0, 0.05) is 12.6 Å². The maximum atomic E-state index is 12.2. The van der Waals surface area contributed by atoms with Gasteiger partial charge < -0.3 is 5.11 Å². The first kappa shape index (κ1) is 11.4. The maximum Gasteiger partial charge on any atom is 0.219 e. The van der Waals surface area contributed by atoms with Gasteiger partial charge in [-0.1, -0.05) is 0 Å². The first-order valence-electron chi connectivity index (χ1n) is 5.56. The number of aliphatic hydroxyl groups excluding tert-OH is 1. The minimum absolute atomic E-state index is 0.0378. The zero-order valence-electron chi connectivity index (χ0n) is 9.31. The van der Waals surface area contributed by atoms with E-state index >= 15 is 0 Å². The van der Waals surface area contributed by atoms with Crippen molar-refractivity contribution < 1.29 is 13.5 Å². The molecule has 0 radical (unpaired) electrons. The van der Waals surface area contributed by atoms with Gasteiger partial charge in [-0.05, 0) is 39.5 Å². The molecule has 15 heavy (non-hydrogen) atoms. The highest BCUT2D eigenvalue weighted by atomic mass is 32.2. The summed E-state index contributed by atoms with van der Waals surface area (Å²) in [7, 11) is -3.20.